The Morgan fingerprint density at radius 1 is 1.17 bits per heavy atom. The SMILES string of the molecule is COCCN(CCOC)C(=O)CSc1nc(C)c(C)c(C)c1C#N. The molecule has 0 aromatic carbocycles. The van der Waals surface area contributed by atoms with Crippen molar-refractivity contribution in [3.05, 3.63) is 22.4 Å². The summed E-state index contributed by atoms with van der Waals surface area (Å²) in [7, 11) is 3.21. The molecule has 1 heterocycles. The van der Waals surface area contributed by atoms with Crippen molar-refractivity contribution in [3.8, 4) is 6.07 Å². The van der Waals surface area contributed by atoms with Crippen LogP contribution in [-0.2, 0) is 14.3 Å². The summed E-state index contributed by atoms with van der Waals surface area (Å²) >= 11 is 1.31. The highest BCUT2D eigenvalue weighted by molar-refractivity contribution is 8.00. The molecule has 0 fully saturated rings. The lowest BCUT2D eigenvalue weighted by atomic mass is 10.1. The molecule has 24 heavy (non-hydrogen) atoms. The molecule has 0 aliphatic rings. The van der Waals surface area contributed by atoms with Gasteiger partial charge in [0.15, 0.2) is 0 Å². The summed E-state index contributed by atoms with van der Waals surface area (Å²) in [5.41, 5.74) is 3.38. The van der Waals surface area contributed by atoms with Gasteiger partial charge < -0.3 is 14.4 Å². The summed E-state index contributed by atoms with van der Waals surface area (Å²) < 4.78 is 10.1. The number of methoxy groups -OCH3 is 2. The highest BCUT2D eigenvalue weighted by Gasteiger charge is 2.17. The second kappa shape index (κ2) is 10.3. The molecule has 1 aromatic heterocycles. The molecule has 0 unspecified atom stereocenters. The summed E-state index contributed by atoms with van der Waals surface area (Å²) in [6.07, 6.45) is 0. The van der Waals surface area contributed by atoms with Crippen molar-refractivity contribution in [1.82, 2.24) is 9.88 Å². The normalized spacial score (nSPS) is 10.5. The van der Waals surface area contributed by atoms with E-state index in [0.717, 1.165) is 16.8 Å². The van der Waals surface area contributed by atoms with Gasteiger partial charge in [-0.25, -0.2) is 4.98 Å². The van der Waals surface area contributed by atoms with Crippen LogP contribution in [0.4, 0.5) is 0 Å². The number of carbonyl (C=O) groups is 1. The van der Waals surface area contributed by atoms with Crippen LogP contribution < -0.4 is 0 Å². The highest BCUT2D eigenvalue weighted by atomic mass is 32.2. The number of nitriles is 1. The van der Waals surface area contributed by atoms with E-state index < -0.39 is 0 Å². The number of ether oxygens (including phenoxy) is 2. The van der Waals surface area contributed by atoms with Crippen LogP contribution in [0.5, 0.6) is 0 Å². The largest absolute Gasteiger partial charge is 0.383 e. The van der Waals surface area contributed by atoms with Crippen molar-refractivity contribution >= 4 is 17.7 Å². The molecule has 0 aliphatic heterocycles. The molecule has 0 N–H and O–H groups in total. The zero-order chi connectivity index (χ0) is 18.1. The number of aryl methyl sites for hydroxylation is 1. The van der Waals surface area contributed by atoms with Crippen LogP contribution in [0.25, 0.3) is 0 Å². The Kier molecular flexibility index (Phi) is 8.76. The van der Waals surface area contributed by atoms with Gasteiger partial charge in [0.05, 0.1) is 24.5 Å². The van der Waals surface area contributed by atoms with Crippen molar-refractivity contribution in [1.29, 1.82) is 5.26 Å². The van der Waals surface area contributed by atoms with E-state index in [4.69, 9.17) is 9.47 Å². The molecule has 0 atom stereocenters. The van der Waals surface area contributed by atoms with E-state index in [1.54, 1.807) is 19.1 Å². The average Bonchev–Trinajstić information content (AvgIpc) is 2.57. The summed E-state index contributed by atoms with van der Waals surface area (Å²) in [5, 5.41) is 10.0. The zero-order valence-corrected chi connectivity index (χ0v) is 15.8. The average molecular weight is 351 g/mol. The van der Waals surface area contributed by atoms with E-state index in [9.17, 15) is 10.1 Å². The topological polar surface area (TPSA) is 75.5 Å². The van der Waals surface area contributed by atoms with Gasteiger partial charge >= 0.3 is 0 Å². The lowest BCUT2D eigenvalue weighted by Crippen LogP contribution is -2.37. The first-order valence-corrected chi connectivity index (χ1v) is 8.71. The fraction of sp³-hybridized carbons (Fsp3) is 0.588. The first-order valence-electron chi connectivity index (χ1n) is 7.72. The van der Waals surface area contributed by atoms with Gasteiger partial charge in [-0.05, 0) is 31.9 Å². The van der Waals surface area contributed by atoms with Gasteiger partial charge in [-0.15, -0.1) is 0 Å². The fourth-order valence-corrected chi connectivity index (χ4v) is 3.12. The number of rotatable bonds is 9. The van der Waals surface area contributed by atoms with Crippen molar-refractivity contribution in [3.63, 3.8) is 0 Å². The Hall–Kier alpha value is -1.62. The molecule has 0 bridgehead atoms. The summed E-state index contributed by atoms with van der Waals surface area (Å²) in [4.78, 5) is 18.6. The maximum absolute atomic E-state index is 12.4. The van der Waals surface area contributed by atoms with Gasteiger partial charge in [-0.1, -0.05) is 11.8 Å². The molecule has 0 saturated heterocycles. The minimum atomic E-state index is -0.0179. The van der Waals surface area contributed by atoms with E-state index in [1.165, 1.54) is 11.8 Å². The van der Waals surface area contributed by atoms with E-state index in [1.807, 2.05) is 20.8 Å². The zero-order valence-electron chi connectivity index (χ0n) is 15.0. The van der Waals surface area contributed by atoms with Gasteiger partial charge in [0.25, 0.3) is 0 Å². The van der Waals surface area contributed by atoms with Crippen LogP contribution in [0.1, 0.15) is 22.4 Å². The van der Waals surface area contributed by atoms with E-state index in [2.05, 4.69) is 11.1 Å². The Labute approximate surface area is 148 Å². The lowest BCUT2D eigenvalue weighted by Gasteiger charge is -2.22. The third kappa shape index (κ3) is 5.48. The third-order valence-corrected chi connectivity index (χ3v) is 4.85. The predicted octanol–water partition coefficient (Wildman–Crippen LogP) is 2.09. The van der Waals surface area contributed by atoms with Crippen LogP contribution in [0.3, 0.4) is 0 Å². The second-order valence-corrected chi connectivity index (χ2v) is 6.36. The number of aromatic nitrogens is 1. The van der Waals surface area contributed by atoms with E-state index >= 15 is 0 Å². The molecule has 1 rings (SSSR count). The molecule has 1 aromatic rings. The van der Waals surface area contributed by atoms with Gasteiger partial charge in [0, 0.05) is 33.0 Å². The molecule has 0 saturated carbocycles. The number of carbonyl (C=O) groups excluding carboxylic acids is 1. The smallest absolute Gasteiger partial charge is 0.233 e. The highest BCUT2D eigenvalue weighted by Crippen LogP contribution is 2.26. The number of pyridine rings is 1. The summed E-state index contributed by atoms with van der Waals surface area (Å²) in [5.74, 6) is 0.215. The maximum Gasteiger partial charge on any atom is 0.233 e. The minimum absolute atomic E-state index is 0.0179. The van der Waals surface area contributed by atoms with Crippen molar-refractivity contribution < 1.29 is 14.3 Å². The molecule has 0 radical (unpaired) electrons. The van der Waals surface area contributed by atoms with Crippen LogP contribution in [0.2, 0.25) is 0 Å². The molecule has 0 spiro atoms. The van der Waals surface area contributed by atoms with Crippen LogP contribution in [0.15, 0.2) is 5.03 Å². The number of hydrogen-bond donors (Lipinski definition) is 0. The molecule has 6 nitrogen and oxygen atoms in total. The number of thioether (sulfide) groups is 1. The first kappa shape index (κ1) is 20.4. The molecule has 1 amide bonds. The quantitative estimate of drug-likeness (QED) is 0.634. The second-order valence-electron chi connectivity index (χ2n) is 5.39. The predicted molar refractivity (Wildman–Crippen MR) is 94.2 cm³/mol. The maximum atomic E-state index is 12.4. The van der Waals surface area contributed by atoms with Crippen molar-refractivity contribution in [2.45, 2.75) is 25.8 Å². The van der Waals surface area contributed by atoms with Crippen LogP contribution in [0, 0.1) is 32.1 Å². The molecule has 0 aliphatic carbocycles. The molecular weight excluding hydrogens is 326 g/mol. The Morgan fingerprint density at radius 2 is 1.75 bits per heavy atom. The van der Waals surface area contributed by atoms with Crippen LogP contribution in [-0.4, -0.2) is 62.1 Å². The monoisotopic (exact) mass is 351 g/mol. The van der Waals surface area contributed by atoms with Gasteiger partial charge in [0.2, 0.25) is 5.91 Å². The standard InChI is InChI=1S/C17H25N3O3S/c1-12-13(2)15(10-18)17(19-14(12)3)24-11-16(21)20(6-8-22-4)7-9-23-5/h6-9,11H2,1-5H3. The molecule has 132 valence electrons. The third-order valence-electron chi connectivity index (χ3n) is 3.89. The van der Waals surface area contributed by atoms with Crippen LogP contribution >= 0.6 is 11.8 Å². The van der Waals surface area contributed by atoms with Gasteiger partial charge in [-0.2, -0.15) is 5.26 Å². The molecular formula is C17H25N3O3S. The Bertz CT molecular complexity index is 606. The fourth-order valence-electron chi connectivity index (χ4n) is 2.13. The van der Waals surface area contributed by atoms with Gasteiger partial charge in [-0.3, -0.25) is 4.79 Å². The first-order chi connectivity index (χ1) is 11.5. The molecule has 7 heteroatoms. The summed E-state index contributed by atoms with van der Waals surface area (Å²) in [6, 6.07) is 2.21. The lowest BCUT2D eigenvalue weighted by molar-refractivity contribution is -0.129. The van der Waals surface area contributed by atoms with E-state index in [0.29, 0.717) is 36.9 Å². The van der Waals surface area contributed by atoms with E-state index in [-0.39, 0.29) is 11.7 Å². The summed E-state index contributed by atoms with van der Waals surface area (Å²) in [6.45, 7) is 7.77. The van der Waals surface area contributed by atoms with Crippen molar-refractivity contribution in [2.75, 3.05) is 46.3 Å². The van der Waals surface area contributed by atoms with Gasteiger partial charge in [0.1, 0.15) is 11.1 Å². The number of hydrogen-bond acceptors (Lipinski definition) is 6. The van der Waals surface area contributed by atoms with Crippen molar-refractivity contribution in [2.24, 2.45) is 0 Å². The number of nitrogens with zero attached hydrogens (tertiary/aromatic N) is 3. The number of amides is 1. The Balaban J connectivity index is 2.83. The minimum Gasteiger partial charge on any atom is -0.383 e. The Morgan fingerprint density at radius 3 is 2.25 bits per heavy atom.